The number of rotatable bonds is 10. The van der Waals surface area contributed by atoms with Gasteiger partial charge >= 0.3 is 14.2 Å². The smallest absolute Gasteiger partial charge is 0.351 e. The molecule has 3 N–H and O–H groups in total. The van der Waals surface area contributed by atoms with Crippen molar-refractivity contribution in [3.8, 4) is 5.75 Å². The second-order valence-corrected chi connectivity index (χ2v) is 10.3. The van der Waals surface area contributed by atoms with Gasteiger partial charge in [-0.25, -0.2) is 23.1 Å². The molecule has 226 valence electrons. The van der Waals surface area contributed by atoms with E-state index in [9.17, 15) is 22.8 Å². The van der Waals surface area contributed by atoms with E-state index in [-0.39, 0.29) is 30.4 Å². The zero-order valence-electron chi connectivity index (χ0n) is 22.7. The summed E-state index contributed by atoms with van der Waals surface area (Å²) < 4.78 is 57.0. The summed E-state index contributed by atoms with van der Waals surface area (Å²) in [6.07, 6.45) is -1.07. The van der Waals surface area contributed by atoms with Crippen molar-refractivity contribution in [1.82, 2.24) is 14.6 Å². The molecule has 41 heavy (non-hydrogen) atoms. The van der Waals surface area contributed by atoms with E-state index in [1.54, 1.807) is 13.2 Å². The van der Waals surface area contributed by atoms with Crippen LogP contribution in [-0.2, 0) is 18.8 Å². The first-order valence-corrected chi connectivity index (χ1v) is 13.9. The number of nitrogen functional groups attached to an aromatic ring is 1. The van der Waals surface area contributed by atoms with E-state index in [0.29, 0.717) is 18.1 Å². The van der Waals surface area contributed by atoms with E-state index >= 15 is 0 Å². The molecule has 0 aliphatic carbocycles. The van der Waals surface area contributed by atoms with Crippen LogP contribution in [-0.4, -0.2) is 61.4 Å². The maximum atomic E-state index is 14.6. The van der Waals surface area contributed by atoms with Crippen molar-refractivity contribution in [3.05, 3.63) is 64.2 Å². The summed E-state index contributed by atoms with van der Waals surface area (Å²) in [6.45, 7) is 2.25. The second kappa shape index (κ2) is 17.9. The van der Waals surface area contributed by atoms with Gasteiger partial charge in [-0.2, -0.15) is 4.98 Å². The highest BCUT2D eigenvalue weighted by molar-refractivity contribution is 7.45. The van der Waals surface area contributed by atoms with Crippen LogP contribution in [0, 0.1) is 0 Å². The standard InChI is InChI=1S/C21H21ClFN4O5P.C4H10O.CH2F2/c22-17-11-27(21(29)26-19(17)24)20-18(23)10-16(31-20)12-30-33(25-7-8-28)32-15-6-5-13-3-1-2-4-14(13)9-15;1-4(2)5-3;2-1-3/h1-6,8-9,11,16,18,20,25H,7,10,12H2,(H2,24,26,29);4H,1-3H3;1H2. The Balaban J connectivity index is 0.000000653. The molecule has 3 aromatic rings. The summed E-state index contributed by atoms with van der Waals surface area (Å²) >= 11 is 5.91. The van der Waals surface area contributed by atoms with Gasteiger partial charge in [0.05, 0.1) is 30.4 Å². The molecule has 2 aromatic carbocycles. The molecule has 0 saturated carbocycles. The molecule has 1 aliphatic heterocycles. The monoisotopic (exact) mass is 620 g/mol. The van der Waals surface area contributed by atoms with Gasteiger partial charge in [0, 0.05) is 19.7 Å². The van der Waals surface area contributed by atoms with E-state index < -0.39 is 39.6 Å². The quantitative estimate of drug-likeness (QED) is 0.229. The van der Waals surface area contributed by atoms with Gasteiger partial charge in [0.1, 0.15) is 24.0 Å². The molecule has 1 aromatic heterocycles. The Labute approximate surface area is 241 Å². The van der Waals surface area contributed by atoms with Crippen LogP contribution in [0.5, 0.6) is 5.75 Å². The SMILES string of the molecule is COC(C)C.FCF.Nc1nc(=O)n(C2OC(COP(NCC=O)Oc3ccc4ccccc4c3)CC2F)cc1Cl. The van der Waals surface area contributed by atoms with Crippen LogP contribution < -0.4 is 21.0 Å². The van der Waals surface area contributed by atoms with Crippen LogP contribution in [0.25, 0.3) is 10.8 Å². The summed E-state index contributed by atoms with van der Waals surface area (Å²) in [7, 11) is -0.0160. The first-order chi connectivity index (χ1) is 19.6. The Morgan fingerprint density at radius 3 is 2.56 bits per heavy atom. The molecular weight excluding hydrogens is 588 g/mol. The lowest BCUT2D eigenvalue weighted by molar-refractivity contribution is -0.106. The molecule has 0 amide bonds. The third-order valence-electron chi connectivity index (χ3n) is 5.40. The molecule has 1 aliphatic rings. The van der Waals surface area contributed by atoms with Crippen molar-refractivity contribution in [3.63, 3.8) is 0 Å². The number of hydrogen-bond acceptors (Lipinski definition) is 9. The molecule has 2 heterocycles. The van der Waals surface area contributed by atoms with Crippen LogP contribution >= 0.6 is 20.1 Å². The van der Waals surface area contributed by atoms with Crippen molar-refractivity contribution in [1.29, 1.82) is 0 Å². The van der Waals surface area contributed by atoms with Crippen LogP contribution in [0.3, 0.4) is 0 Å². The lowest BCUT2D eigenvalue weighted by Crippen LogP contribution is -2.31. The van der Waals surface area contributed by atoms with Crippen molar-refractivity contribution in [2.45, 2.75) is 44.9 Å². The Kier molecular flexibility index (Phi) is 15.0. The molecule has 1 saturated heterocycles. The maximum absolute atomic E-state index is 14.6. The summed E-state index contributed by atoms with van der Waals surface area (Å²) in [4.78, 5) is 26.5. The number of halogens is 4. The largest absolute Gasteiger partial charge is 0.436 e. The van der Waals surface area contributed by atoms with Crippen LogP contribution in [0.4, 0.5) is 19.0 Å². The number of anilines is 1. The second-order valence-electron chi connectivity index (χ2n) is 8.63. The average Bonchev–Trinajstić information content (AvgIpc) is 3.32. The van der Waals surface area contributed by atoms with Crippen LogP contribution in [0.2, 0.25) is 5.02 Å². The Morgan fingerprint density at radius 2 is 1.93 bits per heavy atom. The number of benzene rings is 2. The number of methoxy groups -OCH3 is 1. The number of carbonyl (C=O) groups is 1. The third-order valence-corrected chi connectivity index (χ3v) is 6.89. The van der Waals surface area contributed by atoms with E-state index in [1.165, 1.54) is 6.20 Å². The number of carbonyl (C=O) groups excluding carboxylic acids is 1. The molecule has 15 heteroatoms. The molecule has 0 spiro atoms. The highest BCUT2D eigenvalue weighted by atomic mass is 35.5. The zero-order valence-corrected chi connectivity index (χ0v) is 24.4. The highest BCUT2D eigenvalue weighted by Crippen LogP contribution is 2.39. The Hall–Kier alpha value is -2.80. The summed E-state index contributed by atoms with van der Waals surface area (Å²) in [5.74, 6) is 0.421. The first kappa shape index (κ1) is 34.4. The lowest BCUT2D eigenvalue weighted by atomic mass is 10.1. The molecule has 4 atom stereocenters. The van der Waals surface area contributed by atoms with E-state index in [2.05, 4.69) is 10.1 Å². The van der Waals surface area contributed by atoms with Gasteiger partial charge < -0.3 is 29.0 Å². The fourth-order valence-corrected chi connectivity index (χ4v) is 4.57. The van der Waals surface area contributed by atoms with Crippen LogP contribution in [0.1, 0.15) is 26.5 Å². The summed E-state index contributed by atoms with van der Waals surface area (Å²) in [5.41, 5.74) is 4.75. The first-order valence-electron chi connectivity index (χ1n) is 12.4. The predicted molar refractivity (Wildman–Crippen MR) is 152 cm³/mol. The Bertz CT molecular complexity index is 1290. The van der Waals surface area contributed by atoms with Gasteiger partial charge in [-0.05, 0) is 36.8 Å². The number of nitrogens with two attached hydrogens (primary N) is 1. The number of aldehydes is 1. The number of ether oxygens (including phenoxy) is 2. The lowest BCUT2D eigenvalue weighted by Gasteiger charge is -2.20. The maximum Gasteiger partial charge on any atom is 0.351 e. The molecular formula is C26H33ClF3N4O6P. The number of nitrogens with zero attached hydrogens (tertiary/aromatic N) is 2. The molecule has 0 radical (unpaired) electrons. The minimum Gasteiger partial charge on any atom is -0.436 e. The fraction of sp³-hybridized carbons (Fsp3) is 0.423. The zero-order chi connectivity index (χ0) is 30.4. The number of hydrogen-bond donors (Lipinski definition) is 2. The van der Waals surface area contributed by atoms with E-state index in [0.717, 1.165) is 15.3 Å². The predicted octanol–water partition coefficient (Wildman–Crippen LogP) is 5.29. The molecule has 1 fully saturated rings. The number of alkyl halides is 3. The number of aromatic nitrogens is 2. The Morgan fingerprint density at radius 1 is 1.27 bits per heavy atom. The molecule has 10 nitrogen and oxygen atoms in total. The van der Waals surface area contributed by atoms with E-state index in [1.807, 2.05) is 50.2 Å². The molecule has 4 rings (SSSR count). The average molecular weight is 621 g/mol. The third kappa shape index (κ3) is 11.2. The minimum absolute atomic E-state index is 0.00801. The van der Waals surface area contributed by atoms with Crippen LogP contribution in [0.15, 0.2) is 53.5 Å². The topological polar surface area (TPSA) is 127 Å². The number of nitrogens with one attached hydrogen (secondary N) is 1. The minimum atomic E-state index is -1.75. The van der Waals surface area contributed by atoms with Gasteiger partial charge in [0.25, 0.3) is 0 Å². The van der Waals surface area contributed by atoms with Gasteiger partial charge in [0.2, 0.25) is 6.93 Å². The normalized spacial score (nSPS) is 18.7. The highest BCUT2D eigenvalue weighted by Gasteiger charge is 2.38. The van der Waals surface area contributed by atoms with Crippen molar-refractivity contribution < 1.29 is 36.5 Å². The van der Waals surface area contributed by atoms with Crippen molar-refractivity contribution in [2.24, 2.45) is 0 Å². The number of fused-ring (bicyclic) bond motifs is 1. The summed E-state index contributed by atoms with van der Waals surface area (Å²) in [6, 6.07) is 13.4. The van der Waals surface area contributed by atoms with E-state index in [4.69, 9.17) is 35.9 Å². The van der Waals surface area contributed by atoms with Gasteiger partial charge in [0.15, 0.2) is 6.23 Å². The van der Waals surface area contributed by atoms with Crippen molar-refractivity contribution >= 4 is 43.0 Å². The molecule has 0 bridgehead atoms. The summed E-state index contributed by atoms with van der Waals surface area (Å²) in [5, 5.41) is 4.94. The van der Waals surface area contributed by atoms with Gasteiger partial charge in [-0.15, -0.1) is 0 Å². The molecule has 4 unspecified atom stereocenters. The fourth-order valence-electron chi connectivity index (χ4n) is 3.38. The van der Waals surface area contributed by atoms with Gasteiger partial charge in [-0.3, -0.25) is 4.57 Å². The van der Waals surface area contributed by atoms with Gasteiger partial charge in [-0.1, -0.05) is 41.9 Å². The van der Waals surface area contributed by atoms with Crippen molar-refractivity contribution in [2.75, 3.05) is 32.9 Å².